The van der Waals surface area contributed by atoms with Crippen LogP contribution in [-0.4, -0.2) is 10.9 Å². The van der Waals surface area contributed by atoms with Crippen LogP contribution in [0.3, 0.4) is 0 Å². The van der Waals surface area contributed by atoms with Gasteiger partial charge in [0.25, 0.3) is 0 Å². The summed E-state index contributed by atoms with van der Waals surface area (Å²) in [5.41, 5.74) is 2.65. The highest BCUT2D eigenvalue weighted by atomic mass is 32.1. The number of aliphatic hydroxyl groups is 1. The molecule has 0 bridgehead atoms. The number of rotatable bonds is 3. The molecule has 2 atom stereocenters. The largest absolute Gasteiger partial charge is 0.380 e. The average Bonchev–Trinajstić information content (AvgIpc) is 3.34. The molecule has 4 rings (SSSR count). The molecule has 0 spiro atoms. The van der Waals surface area contributed by atoms with E-state index in [2.05, 4.69) is 0 Å². The zero-order valence-corrected chi connectivity index (χ0v) is 14.7. The molecule has 2 unspecified atom stereocenters. The summed E-state index contributed by atoms with van der Waals surface area (Å²) < 4.78 is 0. The van der Waals surface area contributed by atoms with Crippen molar-refractivity contribution in [1.29, 1.82) is 0 Å². The van der Waals surface area contributed by atoms with Crippen LogP contribution >= 0.6 is 22.7 Å². The topological polar surface area (TPSA) is 37.3 Å². The monoisotopic (exact) mass is 352 g/mol. The summed E-state index contributed by atoms with van der Waals surface area (Å²) >= 11 is 3.10. The summed E-state index contributed by atoms with van der Waals surface area (Å²) in [6.07, 6.45) is 0. The highest BCUT2D eigenvalue weighted by Gasteiger charge is 2.52. The van der Waals surface area contributed by atoms with Gasteiger partial charge < -0.3 is 5.11 Å². The van der Waals surface area contributed by atoms with Crippen LogP contribution in [0.5, 0.6) is 0 Å². The van der Waals surface area contributed by atoms with Crippen molar-refractivity contribution in [3.8, 4) is 0 Å². The molecule has 0 saturated heterocycles. The van der Waals surface area contributed by atoms with Crippen LogP contribution in [0.2, 0.25) is 0 Å². The fraction of sp³-hybridized carbons (Fsp3) is 0.150. The van der Waals surface area contributed by atoms with E-state index in [-0.39, 0.29) is 5.78 Å². The van der Waals surface area contributed by atoms with Crippen molar-refractivity contribution in [2.24, 2.45) is 5.92 Å². The van der Waals surface area contributed by atoms with Crippen LogP contribution in [0.25, 0.3) is 11.1 Å². The molecule has 2 aromatic heterocycles. The van der Waals surface area contributed by atoms with E-state index >= 15 is 0 Å². The molecule has 24 heavy (non-hydrogen) atoms. The molecule has 3 aromatic rings. The maximum absolute atomic E-state index is 13.1. The van der Waals surface area contributed by atoms with Gasteiger partial charge in [-0.25, -0.2) is 0 Å². The molecule has 0 aliphatic heterocycles. The molecule has 1 aromatic carbocycles. The minimum absolute atomic E-state index is 0.00361. The number of carbonyl (C=O) groups is 1. The normalized spacial score (nSPS) is 23.9. The second kappa shape index (κ2) is 5.81. The number of ketones is 1. The van der Waals surface area contributed by atoms with Gasteiger partial charge in [0, 0.05) is 11.1 Å². The van der Waals surface area contributed by atoms with Gasteiger partial charge in [-0.15, -0.1) is 0 Å². The first-order chi connectivity index (χ1) is 11.6. The minimum Gasteiger partial charge on any atom is -0.380 e. The Hall–Kier alpha value is -2.01. The van der Waals surface area contributed by atoms with E-state index in [0.29, 0.717) is 5.57 Å². The Morgan fingerprint density at radius 3 is 2.29 bits per heavy atom. The first-order valence-corrected chi connectivity index (χ1v) is 9.64. The number of benzene rings is 1. The van der Waals surface area contributed by atoms with E-state index < -0.39 is 11.5 Å². The lowest BCUT2D eigenvalue weighted by atomic mass is 9.80. The molecule has 0 amide bonds. The molecule has 120 valence electrons. The van der Waals surface area contributed by atoms with E-state index in [1.807, 2.05) is 70.9 Å². The van der Waals surface area contributed by atoms with Gasteiger partial charge in [0.15, 0.2) is 5.78 Å². The maximum Gasteiger partial charge on any atom is 0.170 e. The Morgan fingerprint density at radius 1 is 0.958 bits per heavy atom. The Morgan fingerprint density at radius 2 is 1.67 bits per heavy atom. The molecule has 1 aliphatic rings. The Labute approximate surface area is 148 Å². The quantitative estimate of drug-likeness (QED) is 0.733. The fourth-order valence-electron chi connectivity index (χ4n) is 3.47. The third-order valence-electron chi connectivity index (χ3n) is 4.73. The SMILES string of the molecule is CC1C(=O)C(c2ccccc2)=C(c2ccsc2)C1(O)c1ccsc1. The highest BCUT2D eigenvalue weighted by molar-refractivity contribution is 7.08. The van der Waals surface area contributed by atoms with Gasteiger partial charge in [-0.3, -0.25) is 4.79 Å². The summed E-state index contributed by atoms with van der Waals surface area (Å²) in [4.78, 5) is 13.1. The number of hydrogen-bond acceptors (Lipinski definition) is 4. The first kappa shape index (κ1) is 15.5. The van der Waals surface area contributed by atoms with Crippen molar-refractivity contribution in [3.63, 3.8) is 0 Å². The van der Waals surface area contributed by atoms with Gasteiger partial charge in [-0.05, 0) is 50.3 Å². The smallest absolute Gasteiger partial charge is 0.170 e. The zero-order valence-electron chi connectivity index (χ0n) is 13.1. The van der Waals surface area contributed by atoms with E-state index in [9.17, 15) is 9.90 Å². The summed E-state index contributed by atoms with van der Waals surface area (Å²) in [6.45, 7) is 1.82. The zero-order chi connectivity index (χ0) is 16.7. The van der Waals surface area contributed by atoms with Crippen molar-refractivity contribution in [2.75, 3.05) is 0 Å². The number of carbonyl (C=O) groups excluding carboxylic acids is 1. The summed E-state index contributed by atoms with van der Waals surface area (Å²) in [5, 5.41) is 19.5. The fourth-order valence-corrected chi connectivity index (χ4v) is 4.83. The van der Waals surface area contributed by atoms with Crippen molar-refractivity contribution >= 4 is 39.6 Å². The third-order valence-corrected chi connectivity index (χ3v) is 6.10. The van der Waals surface area contributed by atoms with E-state index in [4.69, 9.17) is 0 Å². The van der Waals surface area contributed by atoms with Crippen molar-refractivity contribution < 1.29 is 9.90 Å². The standard InChI is InChI=1S/C20H16O2S2/c1-13-19(21)17(14-5-3-2-4-6-14)18(15-7-9-23-11-15)20(13,22)16-8-10-24-12-16/h2-13,22H,1H3. The van der Waals surface area contributed by atoms with E-state index in [1.165, 1.54) is 11.3 Å². The van der Waals surface area contributed by atoms with Gasteiger partial charge in [0.05, 0.1) is 5.92 Å². The Kier molecular flexibility index (Phi) is 3.76. The van der Waals surface area contributed by atoms with Gasteiger partial charge >= 0.3 is 0 Å². The van der Waals surface area contributed by atoms with Crippen molar-refractivity contribution in [3.05, 3.63) is 80.7 Å². The lowest BCUT2D eigenvalue weighted by Gasteiger charge is -2.29. The minimum atomic E-state index is -1.29. The van der Waals surface area contributed by atoms with Crippen LogP contribution in [0, 0.1) is 5.92 Å². The number of Topliss-reactive ketones (excluding diaryl/α,β-unsaturated/α-hetero) is 1. The summed E-state index contributed by atoms with van der Waals surface area (Å²) in [7, 11) is 0. The third kappa shape index (κ3) is 2.14. The van der Waals surface area contributed by atoms with Gasteiger partial charge in [-0.2, -0.15) is 22.7 Å². The lowest BCUT2D eigenvalue weighted by Crippen LogP contribution is -2.33. The maximum atomic E-state index is 13.1. The number of thiophene rings is 2. The Balaban J connectivity index is 2.05. The molecule has 0 saturated carbocycles. The average molecular weight is 352 g/mol. The highest BCUT2D eigenvalue weighted by Crippen LogP contribution is 2.53. The summed E-state index contributed by atoms with van der Waals surface area (Å²) in [6, 6.07) is 13.5. The van der Waals surface area contributed by atoms with Crippen molar-refractivity contribution in [1.82, 2.24) is 0 Å². The van der Waals surface area contributed by atoms with Crippen LogP contribution in [0.1, 0.15) is 23.6 Å². The van der Waals surface area contributed by atoms with Crippen LogP contribution in [-0.2, 0) is 10.4 Å². The van der Waals surface area contributed by atoms with Crippen LogP contribution in [0.4, 0.5) is 0 Å². The number of allylic oxidation sites excluding steroid dienone is 1. The number of hydrogen-bond donors (Lipinski definition) is 1. The molecular weight excluding hydrogens is 336 g/mol. The molecule has 0 radical (unpaired) electrons. The first-order valence-electron chi connectivity index (χ1n) is 7.76. The molecule has 2 heterocycles. The van der Waals surface area contributed by atoms with Gasteiger partial charge in [0.1, 0.15) is 5.60 Å². The predicted molar refractivity (Wildman–Crippen MR) is 100.0 cm³/mol. The lowest BCUT2D eigenvalue weighted by molar-refractivity contribution is -0.121. The van der Waals surface area contributed by atoms with Gasteiger partial charge in [-0.1, -0.05) is 37.3 Å². The van der Waals surface area contributed by atoms with Crippen LogP contribution in [0.15, 0.2) is 64.0 Å². The predicted octanol–water partition coefficient (Wildman–Crippen LogP) is 4.83. The molecule has 0 fully saturated rings. The second-order valence-electron chi connectivity index (χ2n) is 5.99. The second-order valence-corrected chi connectivity index (χ2v) is 7.55. The molecular formula is C20H16O2S2. The Bertz CT molecular complexity index is 893. The summed E-state index contributed by atoms with van der Waals surface area (Å²) in [5.74, 6) is -0.520. The van der Waals surface area contributed by atoms with E-state index in [0.717, 1.165) is 22.3 Å². The van der Waals surface area contributed by atoms with E-state index in [1.54, 1.807) is 11.3 Å². The molecule has 4 heteroatoms. The van der Waals surface area contributed by atoms with Crippen LogP contribution < -0.4 is 0 Å². The molecule has 1 N–H and O–H groups in total. The van der Waals surface area contributed by atoms with Gasteiger partial charge in [0.2, 0.25) is 0 Å². The molecule has 2 nitrogen and oxygen atoms in total. The van der Waals surface area contributed by atoms with Crippen molar-refractivity contribution in [2.45, 2.75) is 12.5 Å². The molecule has 1 aliphatic carbocycles.